The summed E-state index contributed by atoms with van der Waals surface area (Å²) in [6.07, 6.45) is 1.29. The average Bonchev–Trinajstić information content (AvgIpc) is 2.13. The van der Waals surface area contributed by atoms with Crippen molar-refractivity contribution in [1.29, 1.82) is 0 Å². The van der Waals surface area contributed by atoms with E-state index >= 15 is 0 Å². The number of rotatable bonds is 2. The van der Waals surface area contributed by atoms with Crippen LogP contribution in [0.1, 0.15) is 32.6 Å². The maximum Gasteiger partial charge on any atom is 0.310 e. The predicted molar refractivity (Wildman–Crippen MR) is 61.3 cm³/mol. The minimum absolute atomic E-state index is 0.0782. The van der Waals surface area contributed by atoms with Gasteiger partial charge in [-0.3, -0.25) is 4.79 Å². The summed E-state index contributed by atoms with van der Waals surface area (Å²) >= 11 is 0. The van der Waals surface area contributed by atoms with Crippen molar-refractivity contribution in [2.24, 2.45) is 11.3 Å². The highest BCUT2D eigenvalue weighted by Crippen LogP contribution is 2.56. The molecule has 1 saturated carbocycles. The molecule has 0 aromatic heterocycles. The van der Waals surface area contributed by atoms with Gasteiger partial charge in [-0.1, -0.05) is 0 Å². The van der Waals surface area contributed by atoms with Crippen molar-refractivity contribution in [3.8, 4) is 0 Å². The van der Waals surface area contributed by atoms with E-state index in [1.165, 1.54) is 0 Å². The van der Waals surface area contributed by atoms with Gasteiger partial charge in [0.05, 0.1) is 22.5 Å². The van der Waals surface area contributed by atoms with Crippen molar-refractivity contribution >= 4 is 15.8 Å². The molecule has 0 aromatic carbocycles. The molecular formula is C11H18O5S. The van der Waals surface area contributed by atoms with Gasteiger partial charge in [-0.05, 0) is 38.5 Å². The number of aliphatic hydroxyl groups is 1. The number of aliphatic carboxylic acids is 1. The van der Waals surface area contributed by atoms with E-state index in [2.05, 4.69) is 0 Å². The van der Waals surface area contributed by atoms with Crippen LogP contribution in [-0.2, 0) is 14.6 Å². The summed E-state index contributed by atoms with van der Waals surface area (Å²) in [5, 5.41) is 19.1. The summed E-state index contributed by atoms with van der Waals surface area (Å²) in [6.45, 7) is 1.63. The molecule has 2 aliphatic rings. The zero-order chi connectivity index (χ0) is 12.9. The minimum Gasteiger partial charge on any atom is -0.481 e. The molecule has 1 heterocycles. The number of carbonyl (C=O) groups is 1. The van der Waals surface area contributed by atoms with Crippen LogP contribution >= 0.6 is 0 Å². The fraction of sp³-hybridized carbons (Fsp3) is 0.909. The van der Waals surface area contributed by atoms with E-state index in [0.717, 1.165) is 0 Å². The van der Waals surface area contributed by atoms with Crippen LogP contribution in [0.5, 0.6) is 0 Å². The van der Waals surface area contributed by atoms with E-state index in [4.69, 9.17) is 0 Å². The Balaban J connectivity index is 2.13. The Labute approximate surface area is 101 Å². The molecule has 0 radical (unpaired) electrons. The molecule has 17 heavy (non-hydrogen) atoms. The lowest BCUT2D eigenvalue weighted by atomic mass is 9.53. The lowest BCUT2D eigenvalue weighted by Gasteiger charge is -2.53. The average molecular weight is 262 g/mol. The molecule has 0 spiro atoms. The van der Waals surface area contributed by atoms with Crippen LogP contribution < -0.4 is 0 Å². The van der Waals surface area contributed by atoms with E-state index in [9.17, 15) is 23.4 Å². The van der Waals surface area contributed by atoms with E-state index in [-0.39, 0.29) is 30.3 Å². The van der Waals surface area contributed by atoms with Crippen LogP contribution in [0.3, 0.4) is 0 Å². The molecule has 0 aromatic rings. The zero-order valence-electron chi connectivity index (χ0n) is 9.85. The van der Waals surface area contributed by atoms with Crippen molar-refractivity contribution in [2.75, 3.05) is 11.5 Å². The highest BCUT2D eigenvalue weighted by molar-refractivity contribution is 7.91. The quantitative estimate of drug-likeness (QED) is 0.753. The first-order valence-electron chi connectivity index (χ1n) is 5.83. The Morgan fingerprint density at radius 1 is 1.24 bits per heavy atom. The van der Waals surface area contributed by atoms with Crippen LogP contribution in [-0.4, -0.2) is 41.7 Å². The van der Waals surface area contributed by atoms with Gasteiger partial charge in [0.25, 0.3) is 0 Å². The van der Waals surface area contributed by atoms with Gasteiger partial charge < -0.3 is 10.2 Å². The molecule has 2 rings (SSSR count). The van der Waals surface area contributed by atoms with Gasteiger partial charge >= 0.3 is 5.97 Å². The van der Waals surface area contributed by atoms with E-state index in [1.54, 1.807) is 6.92 Å². The first-order chi connectivity index (χ1) is 7.67. The second kappa shape index (κ2) is 3.68. The summed E-state index contributed by atoms with van der Waals surface area (Å²) in [5.74, 6) is -0.860. The third-order valence-corrected chi connectivity index (χ3v) is 5.87. The second-order valence-corrected chi connectivity index (χ2v) is 8.04. The Morgan fingerprint density at radius 2 is 1.71 bits per heavy atom. The number of carboxylic acids is 1. The molecule has 0 amide bonds. The molecule has 2 N–H and O–H groups in total. The highest BCUT2D eigenvalue weighted by Gasteiger charge is 2.60. The molecule has 5 nitrogen and oxygen atoms in total. The number of hydrogen-bond donors (Lipinski definition) is 2. The zero-order valence-corrected chi connectivity index (χ0v) is 10.7. The van der Waals surface area contributed by atoms with Gasteiger partial charge in [-0.15, -0.1) is 0 Å². The van der Waals surface area contributed by atoms with Crippen molar-refractivity contribution in [1.82, 2.24) is 0 Å². The first kappa shape index (κ1) is 12.8. The predicted octanol–water partition coefficient (Wildman–Crippen LogP) is 0.427. The van der Waals surface area contributed by atoms with Gasteiger partial charge in [0, 0.05) is 0 Å². The van der Waals surface area contributed by atoms with Crippen molar-refractivity contribution in [3.63, 3.8) is 0 Å². The van der Waals surface area contributed by atoms with Crippen LogP contribution in [0.4, 0.5) is 0 Å². The van der Waals surface area contributed by atoms with Gasteiger partial charge in [-0.2, -0.15) is 0 Å². The summed E-state index contributed by atoms with van der Waals surface area (Å²) in [6, 6.07) is 0. The molecule has 98 valence electrons. The van der Waals surface area contributed by atoms with Gasteiger partial charge in [-0.25, -0.2) is 8.42 Å². The number of carboxylic acid groups (broad SMARTS) is 1. The largest absolute Gasteiger partial charge is 0.481 e. The number of hydrogen-bond acceptors (Lipinski definition) is 4. The summed E-state index contributed by atoms with van der Waals surface area (Å²) in [7, 11) is -2.97. The molecule has 1 saturated heterocycles. The molecule has 1 aliphatic heterocycles. The van der Waals surface area contributed by atoms with Crippen LogP contribution in [0, 0.1) is 11.3 Å². The summed E-state index contributed by atoms with van der Waals surface area (Å²) < 4.78 is 22.7. The molecule has 0 bridgehead atoms. The van der Waals surface area contributed by atoms with Gasteiger partial charge in [0.2, 0.25) is 0 Å². The van der Waals surface area contributed by atoms with E-state index in [1.807, 2.05) is 0 Å². The Hall–Kier alpha value is -0.620. The minimum atomic E-state index is -2.97. The van der Waals surface area contributed by atoms with Gasteiger partial charge in [0.15, 0.2) is 0 Å². The maximum absolute atomic E-state index is 11.4. The van der Waals surface area contributed by atoms with Crippen LogP contribution in [0.2, 0.25) is 0 Å². The fourth-order valence-electron chi connectivity index (χ4n) is 3.36. The molecule has 1 aliphatic carbocycles. The second-order valence-electron chi connectivity index (χ2n) is 5.74. The number of sulfone groups is 1. The normalized spacial score (nSPS) is 41.8. The molecule has 0 atom stereocenters. The van der Waals surface area contributed by atoms with Crippen molar-refractivity contribution < 1.29 is 23.4 Å². The Bertz CT molecular complexity index is 415. The molecular weight excluding hydrogens is 244 g/mol. The summed E-state index contributed by atoms with van der Waals surface area (Å²) in [4.78, 5) is 11.4. The topological polar surface area (TPSA) is 91.7 Å². The standard InChI is InChI=1S/C11H18O5S/c1-10(14)6-11(7-10,9(12)13)8-2-4-17(15,16)5-3-8/h8,14H,2-7H2,1H3,(H,12,13). The highest BCUT2D eigenvalue weighted by atomic mass is 32.2. The van der Waals surface area contributed by atoms with Crippen LogP contribution in [0.25, 0.3) is 0 Å². The molecule has 6 heteroatoms. The SMILES string of the molecule is CC1(O)CC(C(=O)O)(C2CCS(=O)(=O)CC2)C1. The van der Waals surface area contributed by atoms with Crippen molar-refractivity contribution in [2.45, 2.75) is 38.2 Å². The first-order valence-corrected chi connectivity index (χ1v) is 7.65. The monoisotopic (exact) mass is 262 g/mol. The van der Waals surface area contributed by atoms with Gasteiger partial charge in [0.1, 0.15) is 9.84 Å². The van der Waals surface area contributed by atoms with E-state index in [0.29, 0.717) is 12.8 Å². The van der Waals surface area contributed by atoms with E-state index < -0.39 is 26.8 Å². The maximum atomic E-state index is 11.4. The Kier molecular flexibility index (Phi) is 2.78. The molecule has 2 fully saturated rings. The third-order valence-electron chi connectivity index (χ3n) is 4.15. The lowest BCUT2D eigenvalue weighted by Crippen LogP contribution is -2.59. The Morgan fingerprint density at radius 3 is 2.06 bits per heavy atom. The summed E-state index contributed by atoms with van der Waals surface area (Å²) in [5.41, 5.74) is -1.81. The smallest absolute Gasteiger partial charge is 0.310 e. The third kappa shape index (κ3) is 2.20. The fourth-order valence-corrected chi connectivity index (χ4v) is 4.86. The van der Waals surface area contributed by atoms with Crippen LogP contribution in [0.15, 0.2) is 0 Å². The molecule has 0 unspecified atom stereocenters. The lowest BCUT2D eigenvalue weighted by molar-refractivity contribution is -0.189. The van der Waals surface area contributed by atoms with Crippen molar-refractivity contribution in [3.05, 3.63) is 0 Å².